The maximum Gasteiger partial charge on any atom is 0.0603 e. The normalized spacial score (nSPS) is 13.9. The zero-order chi connectivity index (χ0) is 11.3. The topological polar surface area (TPSA) is 32.3 Å². The molecule has 0 aliphatic heterocycles. The van der Waals surface area contributed by atoms with E-state index in [1.54, 1.807) is 0 Å². The van der Waals surface area contributed by atoms with E-state index in [-0.39, 0.29) is 0 Å². The van der Waals surface area contributed by atoms with E-state index in [0.29, 0.717) is 6.04 Å². The quantitative estimate of drug-likeness (QED) is 0.777. The maximum absolute atomic E-state index is 9.56. The zero-order valence-electron chi connectivity index (χ0n) is 9.83. The highest BCUT2D eigenvalue weighted by Gasteiger charge is 2.12. The monoisotopic (exact) mass is 207 g/mol. The Kier molecular flexibility index (Phi) is 4.30. The molecule has 0 radical (unpaired) electrons. The van der Waals surface area contributed by atoms with E-state index in [0.717, 1.165) is 13.0 Å². The first-order valence-corrected chi connectivity index (χ1v) is 5.50. The summed E-state index contributed by atoms with van der Waals surface area (Å²) in [6, 6.07) is 10.7. The molecule has 0 heterocycles. The average Bonchev–Trinajstić information content (AvgIpc) is 2.17. The number of aliphatic hydroxyl groups is 1. The van der Waals surface area contributed by atoms with Gasteiger partial charge in [-0.3, -0.25) is 0 Å². The number of hydrogen-bond donors (Lipinski definition) is 2. The summed E-state index contributed by atoms with van der Waals surface area (Å²) in [5, 5.41) is 13.0. The van der Waals surface area contributed by atoms with Crippen LogP contribution in [0.4, 0.5) is 0 Å². The van der Waals surface area contributed by atoms with Gasteiger partial charge < -0.3 is 10.4 Å². The van der Waals surface area contributed by atoms with Crippen LogP contribution in [-0.4, -0.2) is 17.3 Å². The van der Waals surface area contributed by atoms with E-state index in [1.807, 2.05) is 32.0 Å². The predicted molar refractivity (Wildman–Crippen MR) is 63.8 cm³/mol. The van der Waals surface area contributed by atoms with Crippen molar-refractivity contribution in [1.29, 1.82) is 0 Å². The van der Waals surface area contributed by atoms with Crippen LogP contribution in [0.2, 0.25) is 0 Å². The van der Waals surface area contributed by atoms with Crippen LogP contribution in [0.3, 0.4) is 0 Å². The molecule has 84 valence electrons. The Morgan fingerprint density at radius 2 is 1.87 bits per heavy atom. The van der Waals surface area contributed by atoms with Crippen LogP contribution in [0.25, 0.3) is 0 Å². The number of hydrogen-bond acceptors (Lipinski definition) is 2. The van der Waals surface area contributed by atoms with Crippen LogP contribution in [0.1, 0.15) is 38.8 Å². The van der Waals surface area contributed by atoms with Crippen molar-refractivity contribution in [3.05, 3.63) is 35.9 Å². The molecule has 0 aliphatic rings. The Morgan fingerprint density at radius 3 is 2.40 bits per heavy atom. The smallest absolute Gasteiger partial charge is 0.0603 e. The summed E-state index contributed by atoms with van der Waals surface area (Å²) in [6.07, 6.45) is 0.768. The second-order valence-electron chi connectivity index (χ2n) is 4.65. The SMILES string of the molecule is C[C@@H](NCCC(C)(C)O)c1ccccc1. The minimum absolute atomic E-state index is 0.341. The number of nitrogens with one attached hydrogen (secondary N) is 1. The summed E-state index contributed by atoms with van der Waals surface area (Å²) >= 11 is 0. The van der Waals surface area contributed by atoms with Gasteiger partial charge in [-0.1, -0.05) is 30.3 Å². The molecule has 0 spiro atoms. The second-order valence-corrected chi connectivity index (χ2v) is 4.65. The van der Waals surface area contributed by atoms with Gasteiger partial charge in [0.15, 0.2) is 0 Å². The fraction of sp³-hybridized carbons (Fsp3) is 0.538. The highest BCUT2D eigenvalue weighted by atomic mass is 16.3. The number of rotatable bonds is 5. The molecular formula is C13H21NO. The van der Waals surface area contributed by atoms with E-state index in [9.17, 15) is 5.11 Å². The minimum Gasteiger partial charge on any atom is -0.390 e. The fourth-order valence-electron chi connectivity index (χ4n) is 1.45. The van der Waals surface area contributed by atoms with Gasteiger partial charge in [-0.15, -0.1) is 0 Å². The molecule has 0 saturated carbocycles. The summed E-state index contributed by atoms with van der Waals surface area (Å²) in [6.45, 7) is 6.64. The summed E-state index contributed by atoms with van der Waals surface area (Å²) in [5.41, 5.74) is 0.705. The second kappa shape index (κ2) is 5.29. The molecule has 2 N–H and O–H groups in total. The molecule has 0 saturated heterocycles. The third-order valence-electron chi connectivity index (χ3n) is 2.49. The first-order chi connectivity index (χ1) is 6.99. The Morgan fingerprint density at radius 1 is 1.27 bits per heavy atom. The highest BCUT2D eigenvalue weighted by Crippen LogP contribution is 2.12. The summed E-state index contributed by atoms with van der Waals surface area (Å²) in [7, 11) is 0. The third-order valence-corrected chi connectivity index (χ3v) is 2.49. The van der Waals surface area contributed by atoms with Crippen molar-refractivity contribution < 1.29 is 5.11 Å². The lowest BCUT2D eigenvalue weighted by Crippen LogP contribution is -2.28. The van der Waals surface area contributed by atoms with Crippen LogP contribution in [-0.2, 0) is 0 Å². The van der Waals surface area contributed by atoms with Gasteiger partial charge in [0.25, 0.3) is 0 Å². The molecule has 1 aromatic rings. The van der Waals surface area contributed by atoms with Gasteiger partial charge in [-0.05, 0) is 39.3 Å². The van der Waals surface area contributed by atoms with Crippen molar-refractivity contribution in [1.82, 2.24) is 5.32 Å². The van der Waals surface area contributed by atoms with Crippen molar-refractivity contribution in [3.63, 3.8) is 0 Å². The number of benzene rings is 1. The molecule has 1 aromatic carbocycles. The zero-order valence-corrected chi connectivity index (χ0v) is 9.83. The van der Waals surface area contributed by atoms with Gasteiger partial charge in [-0.2, -0.15) is 0 Å². The van der Waals surface area contributed by atoms with Crippen molar-refractivity contribution in [3.8, 4) is 0 Å². The maximum atomic E-state index is 9.56. The average molecular weight is 207 g/mol. The van der Waals surface area contributed by atoms with Crippen molar-refractivity contribution in [2.24, 2.45) is 0 Å². The molecule has 0 aromatic heterocycles. The third kappa shape index (κ3) is 4.96. The molecular weight excluding hydrogens is 186 g/mol. The van der Waals surface area contributed by atoms with E-state index in [1.165, 1.54) is 5.56 Å². The Bertz CT molecular complexity index is 276. The largest absolute Gasteiger partial charge is 0.390 e. The lowest BCUT2D eigenvalue weighted by molar-refractivity contribution is 0.0705. The summed E-state index contributed by atoms with van der Waals surface area (Å²) < 4.78 is 0. The van der Waals surface area contributed by atoms with Crippen LogP contribution < -0.4 is 5.32 Å². The molecule has 0 bridgehead atoms. The standard InChI is InChI=1S/C13H21NO/c1-11(12-7-5-4-6-8-12)14-10-9-13(2,3)15/h4-8,11,14-15H,9-10H2,1-3H3/t11-/m1/s1. The van der Waals surface area contributed by atoms with Gasteiger partial charge in [0.1, 0.15) is 0 Å². The van der Waals surface area contributed by atoms with Gasteiger partial charge in [-0.25, -0.2) is 0 Å². The Labute approximate surface area is 92.3 Å². The molecule has 0 aliphatic carbocycles. The molecule has 15 heavy (non-hydrogen) atoms. The molecule has 0 unspecified atom stereocenters. The van der Waals surface area contributed by atoms with E-state index in [2.05, 4.69) is 24.4 Å². The minimum atomic E-state index is -0.580. The Balaban J connectivity index is 2.34. The van der Waals surface area contributed by atoms with Gasteiger partial charge in [0.05, 0.1) is 5.60 Å². The highest BCUT2D eigenvalue weighted by molar-refractivity contribution is 5.17. The lowest BCUT2D eigenvalue weighted by Gasteiger charge is -2.20. The van der Waals surface area contributed by atoms with Crippen molar-refractivity contribution in [2.75, 3.05) is 6.54 Å². The molecule has 2 nitrogen and oxygen atoms in total. The summed E-state index contributed by atoms with van der Waals surface area (Å²) in [5.74, 6) is 0. The lowest BCUT2D eigenvalue weighted by atomic mass is 10.0. The van der Waals surface area contributed by atoms with E-state index < -0.39 is 5.60 Å². The molecule has 1 atom stereocenters. The molecule has 2 heteroatoms. The van der Waals surface area contributed by atoms with E-state index >= 15 is 0 Å². The van der Waals surface area contributed by atoms with Crippen LogP contribution in [0.5, 0.6) is 0 Å². The molecule has 0 fully saturated rings. The molecule has 0 amide bonds. The predicted octanol–water partition coefficient (Wildman–Crippen LogP) is 2.50. The first-order valence-electron chi connectivity index (χ1n) is 5.50. The van der Waals surface area contributed by atoms with Crippen LogP contribution >= 0.6 is 0 Å². The Hall–Kier alpha value is -0.860. The van der Waals surface area contributed by atoms with Gasteiger partial charge >= 0.3 is 0 Å². The van der Waals surface area contributed by atoms with Crippen molar-refractivity contribution in [2.45, 2.75) is 38.8 Å². The van der Waals surface area contributed by atoms with Gasteiger partial charge in [0.2, 0.25) is 0 Å². The molecule has 1 rings (SSSR count). The fourth-order valence-corrected chi connectivity index (χ4v) is 1.45. The van der Waals surface area contributed by atoms with Crippen molar-refractivity contribution >= 4 is 0 Å². The first kappa shape index (κ1) is 12.2. The van der Waals surface area contributed by atoms with Gasteiger partial charge in [0, 0.05) is 6.04 Å². The summed E-state index contributed by atoms with van der Waals surface area (Å²) in [4.78, 5) is 0. The van der Waals surface area contributed by atoms with Crippen LogP contribution in [0, 0.1) is 0 Å². The van der Waals surface area contributed by atoms with Crippen LogP contribution in [0.15, 0.2) is 30.3 Å². The van der Waals surface area contributed by atoms with E-state index in [4.69, 9.17) is 0 Å².